The highest BCUT2D eigenvalue weighted by atomic mass is 16.2. The summed E-state index contributed by atoms with van der Waals surface area (Å²) < 4.78 is 0. The number of pyridine rings is 2. The number of nitrogens with one attached hydrogen (secondary N) is 1. The van der Waals surface area contributed by atoms with Crippen LogP contribution in [0.3, 0.4) is 0 Å². The average Bonchev–Trinajstić information content (AvgIpc) is 2.92. The third-order valence-corrected chi connectivity index (χ3v) is 6.94. The fourth-order valence-corrected chi connectivity index (χ4v) is 4.76. The molecule has 1 aliphatic rings. The van der Waals surface area contributed by atoms with Crippen molar-refractivity contribution >= 4 is 29.4 Å². The molecule has 0 radical (unpaired) electrons. The molecule has 2 aromatic heterocycles. The molecular weight excluding hydrogens is 480 g/mol. The number of hydrogen-bond donors (Lipinski definition) is 1. The number of amides is 4. The van der Waals surface area contributed by atoms with E-state index in [1.54, 1.807) is 37.8 Å². The summed E-state index contributed by atoms with van der Waals surface area (Å²) >= 11 is 0. The van der Waals surface area contributed by atoms with Gasteiger partial charge in [-0.05, 0) is 55.2 Å². The number of rotatable bonds is 8. The molecule has 38 heavy (non-hydrogen) atoms. The number of aryl methyl sites for hydroxylation is 1. The van der Waals surface area contributed by atoms with Crippen LogP contribution < -0.4 is 15.1 Å². The van der Waals surface area contributed by atoms with Crippen LogP contribution >= 0.6 is 0 Å². The smallest absolute Gasteiger partial charge is 0.325 e. The summed E-state index contributed by atoms with van der Waals surface area (Å²) in [7, 11) is 5.42. The Morgan fingerprint density at radius 1 is 1.05 bits per heavy atom. The van der Waals surface area contributed by atoms with Crippen LogP contribution in [0.25, 0.3) is 0 Å². The van der Waals surface area contributed by atoms with Crippen LogP contribution in [0.2, 0.25) is 0 Å². The lowest BCUT2D eigenvalue weighted by atomic mass is 9.81. The van der Waals surface area contributed by atoms with Crippen LogP contribution in [-0.4, -0.2) is 59.9 Å². The van der Waals surface area contributed by atoms with E-state index >= 15 is 0 Å². The van der Waals surface area contributed by atoms with Gasteiger partial charge in [0.25, 0.3) is 5.91 Å². The van der Waals surface area contributed by atoms with Gasteiger partial charge in [0.1, 0.15) is 11.9 Å². The SMILES string of the molecule is CC[C@@H](NC(=O)N1C(=O)[C@H](Cc2ccnc(N(C)C)c2)[C@H]1C(=O)N(C)c1ccncc1)c1cccc(C)c1. The summed E-state index contributed by atoms with van der Waals surface area (Å²) in [6, 6.07) is 13.3. The maximum absolute atomic E-state index is 13.7. The number of urea groups is 1. The monoisotopic (exact) mass is 514 g/mol. The molecule has 198 valence electrons. The third-order valence-electron chi connectivity index (χ3n) is 6.94. The molecule has 9 nitrogen and oxygen atoms in total. The van der Waals surface area contributed by atoms with Crippen LogP contribution in [-0.2, 0) is 16.0 Å². The van der Waals surface area contributed by atoms with E-state index in [2.05, 4.69) is 15.3 Å². The molecule has 3 atom stereocenters. The topological polar surface area (TPSA) is 98.7 Å². The minimum atomic E-state index is -0.938. The van der Waals surface area contributed by atoms with Gasteiger partial charge in [0.15, 0.2) is 0 Å². The standard InChI is InChI=1S/C29H34N6O3/c1-6-24(21-9-7-8-19(2)16-21)32-29(38)35-26(28(37)34(5)22-11-13-30-14-12-22)23(27(35)36)17-20-10-15-31-25(18-20)33(3)4/h7-16,18,23-24,26H,6,17H2,1-5H3,(H,32,38)/t23-,24-,26+/m1/s1. The van der Waals surface area contributed by atoms with Gasteiger partial charge in [-0.25, -0.2) is 9.78 Å². The van der Waals surface area contributed by atoms with Gasteiger partial charge < -0.3 is 15.1 Å². The molecule has 0 saturated carbocycles. The Labute approximate surface area is 223 Å². The molecule has 3 heterocycles. The minimum absolute atomic E-state index is 0.286. The fraction of sp³-hybridized carbons (Fsp3) is 0.345. The lowest BCUT2D eigenvalue weighted by molar-refractivity contribution is -0.156. The highest BCUT2D eigenvalue weighted by Crippen LogP contribution is 2.33. The molecule has 1 N–H and O–H groups in total. The highest BCUT2D eigenvalue weighted by Gasteiger charge is 2.55. The van der Waals surface area contributed by atoms with E-state index in [4.69, 9.17) is 0 Å². The minimum Gasteiger partial charge on any atom is -0.363 e. The first-order valence-electron chi connectivity index (χ1n) is 12.7. The maximum Gasteiger partial charge on any atom is 0.325 e. The van der Waals surface area contributed by atoms with Crippen LogP contribution in [0.1, 0.15) is 36.1 Å². The summed E-state index contributed by atoms with van der Waals surface area (Å²) in [4.78, 5) is 53.4. The fourth-order valence-electron chi connectivity index (χ4n) is 4.76. The predicted octanol–water partition coefficient (Wildman–Crippen LogP) is 3.74. The van der Waals surface area contributed by atoms with Crippen LogP contribution in [0.15, 0.2) is 67.1 Å². The highest BCUT2D eigenvalue weighted by molar-refractivity contribution is 6.12. The van der Waals surface area contributed by atoms with Gasteiger partial charge in [0, 0.05) is 45.4 Å². The Bertz CT molecular complexity index is 1310. The van der Waals surface area contributed by atoms with Crippen molar-refractivity contribution in [2.24, 2.45) is 5.92 Å². The van der Waals surface area contributed by atoms with Gasteiger partial charge >= 0.3 is 6.03 Å². The Morgan fingerprint density at radius 3 is 2.45 bits per heavy atom. The first-order chi connectivity index (χ1) is 18.2. The molecule has 1 aromatic carbocycles. The van der Waals surface area contributed by atoms with Gasteiger partial charge in [0.2, 0.25) is 5.91 Å². The van der Waals surface area contributed by atoms with Crippen molar-refractivity contribution in [2.45, 2.75) is 38.8 Å². The zero-order chi connectivity index (χ0) is 27.4. The predicted molar refractivity (Wildman–Crippen MR) is 147 cm³/mol. The van der Waals surface area contributed by atoms with Gasteiger partial charge in [-0.2, -0.15) is 0 Å². The molecule has 4 rings (SSSR count). The van der Waals surface area contributed by atoms with Gasteiger partial charge in [-0.3, -0.25) is 19.5 Å². The molecule has 3 aromatic rings. The van der Waals surface area contributed by atoms with E-state index in [1.165, 1.54) is 4.90 Å². The van der Waals surface area contributed by atoms with E-state index in [-0.39, 0.29) is 17.9 Å². The molecule has 1 aliphatic heterocycles. The molecule has 0 aliphatic carbocycles. The van der Waals surface area contributed by atoms with E-state index in [1.807, 2.05) is 69.2 Å². The second kappa shape index (κ2) is 11.4. The summed E-state index contributed by atoms with van der Waals surface area (Å²) in [6.07, 6.45) is 5.84. The summed E-state index contributed by atoms with van der Waals surface area (Å²) in [5.74, 6) is -0.619. The van der Waals surface area contributed by atoms with Gasteiger partial charge in [-0.1, -0.05) is 36.8 Å². The van der Waals surface area contributed by atoms with Crippen molar-refractivity contribution < 1.29 is 14.4 Å². The van der Waals surface area contributed by atoms with Crippen molar-refractivity contribution in [1.82, 2.24) is 20.2 Å². The zero-order valence-electron chi connectivity index (χ0n) is 22.5. The Kier molecular flexibility index (Phi) is 8.05. The van der Waals surface area contributed by atoms with Crippen molar-refractivity contribution in [3.63, 3.8) is 0 Å². The van der Waals surface area contributed by atoms with Crippen LogP contribution in [0.4, 0.5) is 16.3 Å². The molecule has 4 amide bonds. The zero-order valence-corrected chi connectivity index (χ0v) is 22.5. The summed E-state index contributed by atoms with van der Waals surface area (Å²) in [6.45, 7) is 3.96. The quantitative estimate of drug-likeness (QED) is 0.460. The Hall–Kier alpha value is -4.27. The summed E-state index contributed by atoms with van der Waals surface area (Å²) in [5, 5.41) is 2.98. The first kappa shape index (κ1) is 26.8. The number of likely N-dealkylation sites (tertiary alicyclic amines) is 1. The maximum atomic E-state index is 13.7. The molecular formula is C29H34N6O3. The second-order valence-electron chi connectivity index (χ2n) is 9.81. The van der Waals surface area contributed by atoms with Crippen molar-refractivity contribution in [3.8, 4) is 0 Å². The lowest BCUT2D eigenvalue weighted by Gasteiger charge is -2.46. The van der Waals surface area contributed by atoms with E-state index in [0.717, 1.165) is 27.4 Å². The number of hydrogen-bond acceptors (Lipinski definition) is 6. The second-order valence-corrected chi connectivity index (χ2v) is 9.81. The van der Waals surface area contributed by atoms with Crippen LogP contribution in [0, 0.1) is 12.8 Å². The van der Waals surface area contributed by atoms with Gasteiger partial charge in [-0.15, -0.1) is 0 Å². The number of carbonyl (C=O) groups excluding carboxylic acids is 3. The van der Waals surface area contributed by atoms with Crippen LogP contribution in [0.5, 0.6) is 0 Å². The van der Waals surface area contributed by atoms with Crippen molar-refractivity contribution in [2.75, 3.05) is 30.9 Å². The number of likely N-dealkylation sites (N-methyl/N-ethyl adjacent to an activating group) is 1. The Balaban J connectivity index is 1.61. The summed E-state index contributed by atoms with van der Waals surface area (Å²) in [5.41, 5.74) is 3.54. The van der Waals surface area contributed by atoms with Gasteiger partial charge in [0.05, 0.1) is 12.0 Å². The third kappa shape index (κ3) is 5.51. The molecule has 1 saturated heterocycles. The molecule has 0 spiro atoms. The molecule has 9 heteroatoms. The number of anilines is 2. The average molecular weight is 515 g/mol. The van der Waals surface area contributed by atoms with E-state index in [9.17, 15) is 14.4 Å². The molecule has 1 fully saturated rings. The Morgan fingerprint density at radius 2 is 1.79 bits per heavy atom. The number of carbonyl (C=O) groups is 3. The lowest BCUT2D eigenvalue weighted by Crippen LogP contribution is -2.70. The van der Waals surface area contributed by atoms with E-state index in [0.29, 0.717) is 18.5 Å². The molecule has 0 unspecified atom stereocenters. The van der Waals surface area contributed by atoms with Crippen molar-refractivity contribution in [1.29, 1.82) is 0 Å². The van der Waals surface area contributed by atoms with Crippen molar-refractivity contribution in [3.05, 3.63) is 83.8 Å². The largest absolute Gasteiger partial charge is 0.363 e. The first-order valence-corrected chi connectivity index (χ1v) is 12.7. The number of benzene rings is 1. The number of nitrogens with zero attached hydrogens (tertiary/aromatic N) is 5. The number of aromatic nitrogens is 2. The normalized spacial score (nSPS) is 17.4. The number of β-lactam (4-membered cyclic amide) rings is 1. The molecule has 0 bridgehead atoms. The number of imide groups is 1. The van der Waals surface area contributed by atoms with E-state index < -0.39 is 18.0 Å².